The van der Waals surface area contributed by atoms with E-state index in [-0.39, 0.29) is 13.2 Å². The fourth-order valence-corrected chi connectivity index (χ4v) is 3.25. The van der Waals surface area contributed by atoms with Crippen LogP contribution >= 0.6 is 0 Å². The number of hydrogen-bond donors (Lipinski definition) is 2. The fourth-order valence-electron chi connectivity index (χ4n) is 3.25. The van der Waals surface area contributed by atoms with Crippen LogP contribution in [0.5, 0.6) is 0 Å². The highest BCUT2D eigenvalue weighted by atomic mass is 16.9. The molecule has 4 bridgehead atoms. The highest BCUT2D eigenvalue weighted by Crippen LogP contribution is 2.46. The van der Waals surface area contributed by atoms with Crippen molar-refractivity contribution in [2.24, 2.45) is 0 Å². The summed E-state index contributed by atoms with van der Waals surface area (Å²) in [4.78, 5) is 0. The van der Waals surface area contributed by atoms with Gasteiger partial charge in [-0.25, -0.2) is 0 Å². The highest BCUT2D eigenvalue weighted by molar-refractivity contribution is 6.76. The molecule has 0 radical (unpaired) electrons. The number of aliphatic hydroxyl groups excluding tert-OH is 2. The van der Waals surface area contributed by atoms with E-state index in [0.29, 0.717) is 0 Å². The molecule has 0 aromatic heterocycles. The molecule has 1 aromatic rings. The fraction of sp³-hybridized carbons (Fsp3) is 0.538. The lowest BCUT2D eigenvalue weighted by Gasteiger charge is -2.35. The Bertz CT molecular complexity index is 536. The van der Waals surface area contributed by atoms with Gasteiger partial charge < -0.3 is 28.9 Å². The van der Waals surface area contributed by atoms with Crippen LogP contribution in [0.1, 0.15) is 5.56 Å². The molecule has 4 aliphatic heterocycles. The van der Waals surface area contributed by atoms with Crippen LogP contribution in [0.25, 0.3) is 0 Å². The standard InChI is InChI=1S/C13H16BO6/c1-8-2-4-9(5-3-8)14-17-6-10-11(16)12(19-14)13(7-15,18-10)20-14/h2-5,10-12,15-16H,6-7H2,1H3/q-1/t10-,11-,12+,13+,14?/m1/s1. The molecule has 2 N–H and O–H groups in total. The molecule has 4 saturated heterocycles. The van der Waals surface area contributed by atoms with E-state index in [2.05, 4.69) is 0 Å². The number of ether oxygens (including phenoxy) is 1. The van der Waals surface area contributed by atoms with Crippen molar-refractivity contribution in [1.29, 1.82) is 0 Å². The van der Waals surface area contributed by atoms with E-state index < -0.39 is 30.9 Å². The van der Waals surface area contributed by atoms with Crippen LogP contribution in [0.15, 0.2) is 24.3 Å². The minimum Gasteiger partial charge on any atom is -0.539 e. The number of aliphatic hydroxyl groups is 2. The Morgan fingerprint density at radius 1 is 1.35 bits per heavy atom. The van der Waals surface area contributed by atoms with Gasteiger partial charge in [0.2, 0.25) is 0 Å². The predicted molar refractivity (Wildman–Crippen MR) is 69.2 cm³/mol. The largest absolute Gasteiger partial charge is 0.539 e. The molecule has 1 unspecified atom stereocenters. The van der Waals surface area contributed by atoms with Gasteiger partial charge in [-0.05, 0) is 6.92 Å². The van der Waals surface area contributed by atoms with Gasteiger partial charge in [0, 0.05) is 6.61 Å². The topological polar surface area (TPSA) is 77.4 Å². The summed E-state index contributed by atoms with van der Waals surface area (Å²) in [5.41, 5.74) is 1.86. The first-order chi connectivity index (χ1) is 9.58. The van der Waals surface area contributed by atoms with E-state index in [1.807, 2.05) is 31.2 Å². The number of rotatable bonds is 2. The lowest BCUT2D eigenvalue weighted by atomic mass is 9.69. The van der Waals surface area contributed by atoms with E-state index in [0.717, 1.165) is 11.0 Å². The molecule has 4 aliphatic rings. The second-order valence-corrected chi connectivity index (χ2v) is 5.68. The molecule has 4 fully saturated rings. The van der Waals surface area contributed by atoms with E-state index in [9.17, 15) is 10.2 Å². The van der Waals surface area contributed by atoms with Crippen LogP contribution in [0.2, 0.25) is 0 Å². The summed E-state index contributed by atoms with van der Waals surface area (Å²) in [6.07, 6.45) is -2.14. The molecule has 0 aliphatic carbocycles. The normalized spacial score (nSPS) is 45.9. The smallest absolute Gasteiger partial charge is 0.412 e. The number of hydrogen-bond acceptors (Lipinski definition) is 6. The van der Waals surface area contributed by atoms with Gasteiger partial charge in [-0.3, -0.25) is 0 Å². The second kappa shape index (κ2) is 4.04. The summed E-state index contributed by atoms with van der Waals surface area (Å²) in [6, 6.07) is 7.62. The van der Waals surface area contributed by atoms with Gasteiger partial charge in [0.1, 0.15) is 12.2 Å². The van der Waals surface area contributed by atoms with Gasteiger partial charge in [0.05, 0.1) is 12.7 Å². The zero-order valence-corrected chi connectivity index (χ0v) is 11.1. The maximum absolute atomic E-state index is 10.2. The van der Waals surface area contributed by atoms with Crippen molar-refractivity contribution >= 4 is 12.2 Å². The van der Waals surface area contributed by atoms with Crippen molar-refractivity contribution in [3.05, 3.63) is 29.8 Å². The monoisotopic (exact) mass is 279 g/mol. The molecular formula is C13H16BO6-. The van der Waals surface area contributed by atoms with Crippen molar-refractivity contribution in [3.8, 4) is 0 Å². The molecule has 0 spiro atoms. The van der Waals surface area contributed by atoms with Crippen molar-refractivity contribution in [1.82, 2.24) is 0 Å². The predicted octanol–water partition coefficient (Wildman–Crippen LogP) is -0.965. The van der Waals surface area contributed by atoms with E-state index in [1.54, 1.807) is 0 Å². The van der Waals surface area contributed by atoms with Crippen molar-refractivity contribution < 1.29 is 28.9 Å². The quantitative estimate of drug-likeness (QED) is 0.679. The summed E-state index contributed by atoms with van der Waals surface area (Å²) in [5.74, 6) is -1.33. The summed E-state index contributed by atoms with van der Waals surface area (Å²) in [6.45, 7) is -0.417. The lowest BCUT2D eigenvalue weighted by Crippen LogP contribution is -2.54. The van der Waals surface area contributed by atoms with Gasteiger partial charge in [-0.15, -0.1) is 5.46 Å². The average molecular weight is 279 g/mol. The highest BCUT2D eigenvalue weighted by Gasteiger charge is 2.66. The number of fused-ring (bicyclic) bond motifs is 1. The van der Waals surface area contributed by atoms with Crippen LogP contribution in [0.3, 0.4) is 0 Å². The summed E-state index contributed by atoms with van der Waals surface area (Å²) in [7, 11) is 0. The van der Waals surface area contributed by atoms with Crippen LogP contribution in [0, 0.1) is 6.92 Å². The first-order valence-corrected chi connectivity index (χ1v) is 6.78. The van der Waals surface area contributed by atoms with Gasteiger partial charge in [-0.2, -0.15) is 0 Å². The molecule has 6 nitrogen and oxygen atoms in total. The third kappa shape index (κ3) is 1.50. The Balaban J connectivity index is 1.79. The van der Waals surface area contributed by atoms with E-state index in [4.69, 9.17) is 18.7 Å². The molecule has 20 heavy (non-hydrogen) atoms. The summed E-state index contributed by atoms with van der Waals surface area (Å²) in [5, 5.41) is 19.8. The van der Waals surface area contributed by atoms with Gasteiger partial charge in [0.15, 0.2) is 5.79 Å². The Kier molecular flexibility index (Phi) is 2.57. The first-order valence-electron chi connectivity index (χ1n) is 6.78. The van der Waals surface area contributed by atoms with E-state index in [1.165, 1.54) is 0 Å². The Morgan fingerprint density at radius 2 is 2.10 bits per heavy atom. The molecule has 108 valence electrons. The minimum absolute atomic E-state index is 0.174. The number of aryl methyl sites for hydroxylation is 1. The zero-order chi connectivity index (χ0) is 14.0. The third-order valence-electron chi connectivity index (χ3n) is 4.34. The molecule has 5 atom stereocenters. The van der Waals surface area contributed by atoms with Crippen LogP contribution in [0.4, 0.5) is 0 Å². The molecule has 7 heteroatoms. The minimum atomic E-state index is -2.19. The van der Waals surface area contributed by atoms with Gasteiger partial charge in [0.25, 0.3) is 0 Å². The maximum Gasteiger partial charge on any atom is 0.412 e. The summed E-state index contributed by atoms with van der Waals surface area (Å²) < 4.78 is 23.2. The summed E-state index contributed by atoms with van der Waals surface area (Å²) >= 11 is 0. The lowest BCUT2D eigenvalue weighted by molar-refractivity contribution is -0.193. The van der Waals surface area contributed by atoms with Crippen molar-refractivity contribution in [2.75, 3.05) is 13.2 Å². The maximum atomic E-state index is 10.2. The molecule has 1 aromatic carbocycles. The molecule has 0 saturated carbocycles. The molecule has 5 rings (SSSR count). The van der Waals surface area contributed by atoms with Crippen LogP contribution in [-0.4, -0.2) is 54.3 Å². The molecular weight excluding hydrogens is 263 g/mol. The van der Waals surface area contributed by atoms with Crippen LogP contribution < -0.4 is 5.46 Å². The first kappa shape index (κ1) is 12.8. The number of benzene rings is 1. The van der Waals surface area contributed by atoms with Gasteiger partial charge >= 0.3 is 6.75 Å². The Hall–Kier alpha value is -0.955. The van der Waals surface area contributed by atoms with Crippen molar-refractivity contribution in [2.45, 2.75) is 31.0 Å². The Labute approximate surface area is 116 Å². The second-order valence-electron chi connectivity index (χ2n) is 5.68. The molecule has 0 amide bonds. The van der Waals surface area contributed by atoms with Crippen molar-refractivity contribution in [3.63, 3.8) is 0 Å². The molecule has 4 heterocycles. The Morgan fingerprint density at radius 3 is 2.75 bits per heavy atom. The van der Waals surface area contributed by atoms with Gasteiger partial charge in [-0.1, -0.05) is 29.8 Å². The van der Waals surface area contributed by atoms with E-state index >= 15 is 0 Å². The van der Waals surface area contributed by atoms with Crippen LogP contribution in [-0.2, 0) is 18.7 Å². The average Bonchev–Trinajstić information content (AvgIpc) is 2.75. The third-order valence-corrected chi connectivity index (χ3v) is 4.34. The zero-order valence-electron chi connectivity index (χ0n) is 11.1. The SMILES string of the molecule is Cc1ccc([B-]23OC[C@H]4O[C@@](CO)(O2)[C@@H](O3)[C@@H]4O)cc1.